The second-order valence-electron chi connectivity index (χ2n) is 5.47. The Morgan fingerprint density at radius 3 is 2.73 bits per heavy atom. The third kappa shape index (κ3) is 3.37. The fraction of sp³-hybridized carbons (Fsp3) is 0.158. The minimum Gasteiger partial charge on any atom is -0.497 e. The molecule has 0 saturated heterocycles. The molecule has 2 N–H and O–H groups in total. The van der Waals surface area contributed by atoms with E-state index < -0.39 is 17.7 Å². The minimum atomic E-state index is -0.634. The van der Waals surface area contributed by atoms with Crippen LogP contribution in [-0.4, -0.2) is 30.6 Å². The van der Waals surface area contributed by atoms with Crippen LogP contribution >= 0.6 is 0 Å². The van der Waals surface area contributed by atoms with Gasteiger partial charge >= 0.3 is 5.97 Å². The van der Waals surface area contributed by atoms with E-state index >= 15 is 0 Å². The number of aromatic nitrogens is 1. The lowest BCUT2D eigenvalue weighted by Gasteiger charge is -2.08. The Balaban J connectivity index is 2.04. The Morgan fingerprint density at radius 2 is 2.00 bits per heavy atom. The number of rotatable bonds is 5. The minimum absolute atomic E-state index is 0.0590. The van der Waals surface area contributed by atoms with Crippen LogP contribution in [0, 0.1) is 5.82 Å². The number of ether oxygens (including phenoxy) is 2. The lowest BCUT2D eigenvalue weighted by atomic mass is 10.1. The highest BCUT2D eigenvalue weighted by Gasteiger charge is 2.21. The van der Waals surface area contributed by atoms with E-state index in [1.165, 1.54) is 25.3 Å². The summed E-state index contributed by atoms with van der Waals surface area (Å²) < 4.78 is 23.8. The molecule has 134 valence electrons. The zero-order valence-electron chi connectivity index (χ0n) is 14.3. The fourth-order valence-corrected chi connectivity index (χ4v) is 2.60. The highest BCUT2D eigenvalue weighted by atomic mass is 19.1. The van der Waals surface area contributed by atoms with Crippen LogP contribution in [0.3, 0.4) is 0 Å². The maximum absolute atomic E-state index is 13.7. The van der Waals surface area contributed by atoms with E-state index in [9.17, 15) is 14.0 Å². The number of carbonyl (C=O) groups is 2. The average Bonchev–Trinajstić information content (AvgIpc) is 2.99. The van der Waals surface area contributed by atoms with Crippen LogP contribution in [0.4, 0.5) is 10.1 Å². The van der Waals surface area contributed by atoms with Crippen LogP contribution < -0.4 is 10.1 Å². The summed E-state index contributed by atoms with van der Waals surface area (Å²) >= 11 is 0. The topological polar surface area (TPSA) is 80.4 Å². The molecule has 0 spiro atoms. The van der Waals surface area contributed by atoms with Crippen LogP contribution in [0.2, 0.25) is 0 Å². The van der Waals surface area contributed by atoms with E-state index in [1.54, 1.807) is 31.2 Å². The average molecular weight is 356 g/mol. The van der Waals surface area contributed by atoms with Gasteiger partial charge in [-0.3, -0.25) is 4.79 Å². The third-order valence-corrected chi connectivity index (χ3v) is 3.81. The summed E-state index contributed by atoms with van der Waals surface area (Å²) in [6, 6.07) is 10.6. The summed E-state index contributed by atoms with van der Waals surface area (Å²) in [7, 11) is 1.50. The number of amides is 1. The highest BCUT2D eigenvalue weighted by molar-refractivity contribution is 6.14. The molecule has 1 amide bonds. The first-order valence-electron chi connectivity index (χ1n) is 7.97. The number of esters is 1. The number of methoxy groups -OCH3 is 1. The molecular weight excluding hydrogens is 339 g/mol. The van der Waals surface area contributed by atoms with Gasteiger partial charge in [0.05, 0.1) is 19.4 Å². The van der Waals surface area contributed by atoms with Crippen molar-refractivity contribution in [1.82, 2.24) is 4.98 Å². The number of benzene rings is 2. The molecule has 0 aliphatic heterocycles. The molecule has 1 aromatic heterocycles. The van der Waals surface area contributed by atoms with E-state index in [4.69, 9.17) is 9.47 Å². The molecule has 0 atom stereocenters. The molecule has 3 rings (SSSR count). The summed E-state index contributed by atoms with van der Waals surface area (Å²) in [4.78, 5) is 27.7. The molecule has 0 bridgehead atoms. The van der Waals surface area contributed by atoms with Crippen LogP contribution in [0.15, 0.2) is 42.5 Å². The van der Waals surface area contributed by atoms with Gasteiger partial charge in [0.1, 0.15) is 17.3 Å². The van der Waals surface area contributed by atoms with E-state index in [0.717, 1.165) is 0 Å². The molecule has 26 heavy (non-hydrogen) atoms. The van der Waals surface area contributed by atoms with Crippen molar-refractivity contribution in [2.45, 2.75) is 6.92 Å². The van der Waals surface area contributed by atoms with Gasteiger partial charge in [-0.05, 0) is 43.3 Å². The van der Waals surface area contributed by atoms with Gasteiger partial charge in [0, 0.05) is 16.5 Å². The van der Waals surface area contributed by atoms with Gasteiger partial charge in [-0.25, -0.2) is 9.18 Å². The first-order valence-corrected chi connectivity index (χ1v) is 7.97. The molecule has 0 fully saturated rings. The highest BCUT2D eigenvalue weighted by Crippen LogP contribution is 2.30. The quantitative estimate of drug-likeness (QED) is 0.683. The summed E-state index contributed by atoms with van der Waals surface area (Å²) in [5.41, 5.74) is 1.08. The molecule has 0 unspecified atom stereocenters. The molecule has 0 aliphatic rings. The van der Waals surface area contributed by atoms with Crippen LogP contribution in [0.5, 0.6) is 5.75 Å². The SMILES string of the molecule is CCOC(=O)c1[nH]c2ccc(F)cc2c1NC(=O)c1cccc(OC)c1. The predicted molar refractivity (Wildman–Crippen MR) is 95.2 cm³/mol. The number of hydrogen-bond donors (Lipinski definition) is 2. The predicted octanol–water partition coefficient (Wildman–Crippen LogP) is 3.74. The summed E-state index contributed by atoms with van der Waals surface area (Å²) in [6.45, 7) is 1.85. The number of fused-ring (bicyclic) bond motifs is 1. The van der Waals surface area contributed by atoms with Crippen molar-refractivity contribution in [3.8, 4) is 5.75 Å². The fourth-order valence-electron chi connectivity index (χ4n) is 2.60. The van der Waals surface area contributed by atoms with E-state index in [-0.39, 0.29) is 18.0 Å². The molecule has 2 aromatic carbocycles. The molecule has 0 aliphatic carbocycles. The molecule has 0 saturated carbocycles. The lowest BCUT2D eigenvalue weighted by Crippen LogP contribution is -2.15. The number of nitrogens with one attached hydrogen (secondary N) is 2. The number of H-pyrrole nitrogens is 1. The van der Waals surface area contributed by atoms with Crippen LogP contribution in [0.25, 0.3) is 10.9 Å². The Morgan fingerprint density at radius 1 is 1.19 bits per heavy atom. The first-order chi connectivity index (χ1) is 12.5. The second-order valence-corrected chi connectivity index (χ2v) is 5.47. The molecule has 6 nitrogen and oxygen atoms in total. The van der Waals surface area contributed by atoms with Crippen molar-refractivity contribution in [3.63, 3.8) is 0 Å². The lowest BCUT2D eigenvalue weighted by molar-refractivity contribution is 0.0522. The molecular formula is C19H17FN2O4. The van der Waals surface area contributed by atoms with Crippen molar-refractivity contribution in [2.24, 2.45) is 0 Å². The van der Waals surface area contributed by atoms with Gasteiger partial charge < -0.3 is 19.8 Å². The van der Waals surface area contributed by atoms with Gasteiger partial charge in [-0.15, -0.1) is 0 Å². The first kappa shape index (κ1) is 17.5. The van der Waals surface area contributed by atoms with Crippen molar-refractivity contribution in [3.05, 3.63) is 59.5 Å². The van der Waals surface area contributed by atoms with E-state index in [2.05, 4.69) is 10.3 Å². The standard InChI is InChI=1S/C19H17FN2O4/c1-3-26-19(24)17-16(14-10-12(20)7-8-15(14)21-17)22-18(23)11-5-4-6-13(9-11)25-2/h4-10,21H,3H2,1-2H3,(H,22,23). The van der Waals surface area contributed by atoms with Gasteiger partial charge in [0.25, 0.3) is 5.91 Å². The van der Waals surface area contributed by atoms with Crippen molar-refractivity contribution >= 4 is 28.5 Å². The van der Waals surface area contributed by atoms with Gasteiger partial charge in [-0.1, -0.05) is 6.07 Å². The number of carbonyl (C=O) groups excluding carboxylic acids is 2. The summed E-state index contributed by atoms with van der Waals surface area (Å²) in [5.74, 6) is -1.05. The largest absolute Gasteiger partial charge is 0.497 e. The van der Waals surface area contributed by atoms with Crippen molar-refractivity contribution in [2.75, 3.05) is 19.0 Å². The van der Waals surface area contributed by atoms with Crippen molar-refractivity contribution in [1.29, 1.82) is 0 Å². The molecule has 0 radical (unpaired) electrons. The number of hydrogen-bond acceptors (Lipinski definition) is 4. The normalized spacial score (nSPS) is 10.6. The monoisotopic (exact) mass is 356 g/mol. The third-order valence-electron chi connectivity index (χ3n) is 3.81. The van der Waals surface area contributed by atoms with Gasteiger partial charge in [-0.2, -0.15) is 0 Å². The van der Waals surface area contributed by atoms with E-state index in [1.807, 2.05) is 0 Å². The van der Waals surface area contributed by atoms with Gasteiger partial charge in [0.2, 0.25) is 0 Å². The molecule has 7 heteroatoms. The van der Waals surface area contributed by atoms with Crippen molar-refractivity contribution < 1.29 is 23.5 Å². The molecule has 1 heterocycles. The Kier molecular flexibility index (Phi) is 4.88. The number of aromatic amines is 1. The second kappa shape index (κ2) is 7.26. The Labute approximate surface area is 148 Å². The van der Waals surface area contributed by atoms with Gasteiger partial charge in [0.15, 0.2) is 0 Å². The zero-order chi connectivity index (χ0) is 18.7. The Hall–Kier alpha value is -3.35. The summed E-state index contributed by atoms with van der Waals surface area (Å²) in [6.07, 6.45) is 0. The smallest absolute Gasteiger partial charge is 0.356 e. The zero-order valence-corrected chi connectivity index (χ0v) is 14.3. The maximum atomic E-state index is 13.7. The van der Waals surface area contributed by atoms with E-state index in [0.29, 0.717) is 22.2 Å². The number of anilines is 1. The van der Waals surface area contributed by atoms with Crippen LogP contribution in [-0.2, 0) is 4.74 Å². The molecule has 3 aromatic rings. The maximum Gasteiger partial charge on any atom is 0.356 e. The summed E-state index contributed by atoms with van der Waals surface area (Å²) in [5, 5.41) is 3.05. The van der Waals surface area contributed by atoms with Crippen LogP contribution in [0.1, 0.15) is 27.8 Å². The Bertz CT molecular complexity index is 981. The number of halogens is 1.